The molecule has 1 N–H and O–H groups in total. The number of carbonyl (C=O) groups is 2. The van der Waals surface area contributed by atoms with E-state index in [9.17, 15) is 9.59 Å². The number of methoxy groups -OCH3 is 1. The van der Waals surface area contributed by atoms with Gasteiger partial charge in [0.05, 0.1) is 22.9 Å². The van der Waals surface area contributed by atoms with Crippen molar-refractivity contribution in [3.8, 4) is 5.75 Å². The monoisotopic (exact) mass is 392 g/mol. The van der Waals surface area contributed by atoms with Crippen molar-refractivity contribution >= 4 is 40.9 Å². The summed E-state index contributed by atoms with van der Waals surface area (Å²) in [6.45, 7) is 1.83. The molecule has 0 saturated carbocycles. The Labute approximate surface area is 162 Å². The van der Waals surface area contributed by atoms with E-state index in [1.807, 2.05) is 31.2 Å². The van der Waals surface area contributed by atoms with Crippen LogP contribution in [0.2, 0.25) is 5.02 Å². The van der Waals surface area contributed by atoms with Gasteiger partial charge >= 0.3 is 0 Å². The zero-order valence-electron chi connectivity index (χ0n) is 15.1. The molecule has 0 heterocycles. The summed E-state index contributed by atoms with van der Waals surface area (Å²) in [6, 6.07) is 12.4. The predicted molar refractivity (Wildman–Crippen MR) is 106 cm³/mol. The predicted octanol–water partition coefficient (Wildman–Crippen LogP) is 4.17. The van der Waals surface area contributed by atoms with Crippen LogP contribution in [-0.4, -0.2) is 43.2 Å². The van der Waals surface area contributed by atoms with E-state index in [1.54, 1.807) is 39.4 Å². The van der Waals surface area contributed by atoms with Gasteiger partial charge in [-0.05, 0) is 49.4 Å². The third kappa shape index (κ3) is 5.16. The first-order chi connectivity index (χ1) is 12.3. The molecular formula is C19H21ClN2O3S. The second kappa shape index (κ2) is 8.96. The Morgan fingerprint density at radius 1 is 1.15 bits per heavy atom. The molecule has 0 saturated heterocycles. The lowest BCUT2D eigenvalue weighted by Crippen LogP contribution is -2.24. The minimum Gasteiger partial charge on any atom is -0.497 e. The first-order valence-electron chi connectivity index (χ1n) is 7.94. The molecule has 1 unspecified atom stereocenters. The summed E-state index contributed by atoms with van der Waals surface area (Å²) < 4.78 is 5.13. The lowest BCUT2D eigenvalue weighted by Gasteiger charge is -2.15. The van der Waals surface area contributed by atoms with Gasteiger partial charge in [-0.25, -0.2) is 0 Å². The van der Waals surface area contributed by atoms with Crippen molar-refractivity contribution in [3.05, 3.63) is 53.1 Å². The first kappa shape index (κ1) is 20.1. The van der Waals surface area contributed by atoms with Crippen LogP contribution in [0.3, 0.4) is 0 Å². The number of rotatable bonds is 6. The zero-order valence-corrected chi connectivity index (χ0v) is 16.6. The fourth-order valence-corrected chi connectivity index (χ4v) is 3.23. The number of benzene rings is 2. The van der Waals surface area contributed by atoms with E-state index in [-0.39, 0.29) is 17.1 Å². The van der Waals surface area contributed by atoms with Gasteiger partial charge in [0, 0.05) is 24.7 Å². The SMILES string of the molecule is COc1ccc(SC(C)C(=O)Nc2ccc(Cl)c(C(=O)N(C)C)c2)cc1. The van der Waals surface area contributed by atoms with E-state index in [1.165, 1.54) is 16.7 Å². The van der Waals surface area contributed by atoms with Crippen molar-refractivity contribution in [2.75, 3.05) is 26.5 Å². The molecule has 0 aromatic heterocycles. The van der Waals surface area contributed by atoms with Gasteiger partial charge in [-0.15, -0.1) is 11.8 Å². The Morgan fingerprint density at radius 3 is 2.38 bits per heavy atom. The van der Waals surface area contributed by atoms with E-state index in [0.29, 0.717) is 16.3 Å². The van der Waals surface area contributed by atoms with E-state index < -0.39 is 0 Å². The van der Waals surface area contributed by atoms with Crippen molar-refractivity contribution < 1.29 is 14.3 Å². The van der Waals surface area contributed by atoms with Crippen molar-refractivity contribution in [2.45, 2.75) is 17.1 Å². The molecule has 26 heavy (non-hydrogen) atoms. The minimum absolute atomic E-state index is 0.156. The summed E-state index contributed by atoms with van der Waals surface area (Å²) in [6.07, 6.45) is 0. The van der Waals surface area contributed by atoms with Crippen LogP contribution < -0.4 is 10.1 Å². The summed E-state index contributed by atoms with van der Waals surface area (Å²) in [7, 11) is 4.91. The standard InChI is InChI=1S/C19H21ClN2O3S/c1-12(26-15-8-6-14(25-4)7-9-15)18(23)21-13-5-10-17(20)16(11-13)19(24)22(2)3/h5-12H,1-4H3,(H,21,23). The molecule has 2 aromatic carbocycles. The number of anilines is 1. The Hall–Kier alpha value is -2.18. The second-order valence-electron chi connectivity index (χ2n) is 5.82. The Bertz CT molecular complexity index is 794. The molecular weight excluding hydrogens is 372 g/mol. The lowest BCUT2D eigenvalue weighted by molar-refractivity contribution is -0.115. The largest absolute Gasteiger partial charge is 0.497 e. The van der Waals surface area contributed by atoms with Gasteiger partial charge in [0.25, 0.3) is 5.91 Å². The topological polar surface area (TPSA) is 58.6 Å². The molecule has 2 rings (SSSR count). The highest BCUT2D eigenvalue weighted by Gasteiger charge is 2.17. The fraction of sp³-hybridized carbons (Fsp3) is 0.263. The smallest absolute Gasteiger partial charge is 0.254 e. The number of ether oxygens (including phenoxy) is 1. The van der Waals surface area contributed by atoms with Crippen LogP contribution in [0.15, 0.2) is 47.4 Å². The molecule has 0 aliphatic carbocycles. The van der Waals surface area contributed by atoms with E-state index in [4.69, 9.17) is 16.3 Å². The van der Waals surface area contributed by atoms with Gasteiger partial charge in [-0.3, -0.25) is 9.59 Å². The lowest BCUT2D eigenvalue weighted by atomic mass is 10.1. The number of halogens is 1. The number of amides is 2. The van der Waals surface area contributed by atoms with Crippen molar-refractivity contribution in [1.29, 1.82) is 0 Å². The number of carbonyl (C=O) groups excluding carboxylic acids is 2. The van der Waals surface area contributed by atoms with E-state index in [2.05, 4.69) is 5.32 Å². The van der Waals surface area contributed by atoms with E-state index >= 15 is 0 Å². The summed E-state index contributed by atoms with van der Waals surface area (Å²) in [4.78, 5) is 27.0. The quantitative estimate of drug-likeness (QED) is 0.749. The molecule has 138 valence electrons. The van der Waals surface area contributed by atoms with Crippen LogP contribution in [0, 0.1) is 0 Å². The Balaban J connectivity index is 2.06. The number of thioether (sulfide) groups is 1. The molecule has 5 nitrogen and oxygen atoms in total. The zero-order chi connectivity index (χ0) is 19.3. The third-order valence-electron chi connectivity index (χ3n) is 3.61. The van der Waals surface area contributed by atoms with Crippen LogP contribution in [-0.2, 0) is 4.79 Å². The van der Waals surface area contributed by atoms with E-state index in [0.717, 1.165) is 10.6 Å². The maximum atomic E-state index is 12.5. The average Bonchev–Trinajstić information content (AvgIpc) is 2.63. The molecule has 0 spiro atoms. The molecule has 1 atom stereocenters. The summed E-state index contributed by atoms with van der Waals surface area (Å²) >= 11 is 7.53. The van der Waals surface area contributed by atoms with Gasteiger partial charge in [0.15, 0.2) is 0 Å². The number of hydrogen-bond acceptors (Lipinski definition) is 4. The van der Waals surface area contributed by atoms with Crippen LogP contribution >= 0.6 is 23.4 Å². The van der Waals surface area contributed by atoms with Crippen molar-refractivity contribution in [3.63, 3.8) is 0 Å². The Morgan fingerprint density at radius 2 is 1.81 bits per heavy atom. The molecule has 2 amide bonds. The van der Waals surface area contributed by atoms with Gasteiger partial charge in [0.2, 0.25) is 5.91 Å². The number of nitrogens with one attached hydrogen (secondary N) is 1. The normalized spacial score (nSPS) is 11.6. The molecule has 2 aromatic rings. The number of nitrogens with zero attached hydrogens (tertiary/aromatic N) is 1. The third-order valence-corrected chi connectivity index (χ3v) is 5.05. The average molecular weight is 393 g/mol. The Kier molecular flexibility index (Phi) is 6.94. The maximum absolute atomic E-state index is 12.5. The number of hydrogen-bond donors (Lipinski definition) is 1. The van der Waals surface area contributed by atoms with Crippen molar-refractivity contribution in [1.82, 2.24) is 4.90 Å². The molecule has 0 aliphatic heterocycles. The van der Waals surface area contributed by atoms with Crippen LogP contribution in [0.25, 0.3) is 0 Å². The molecule has 0 radical (unpaired) electrons. The molecule has 0 fully saturated rings. The van der Waals surface area contributed by atoms with Crippen molar-refractivity contribution in [2.24, 2.45) is 0 Å². The second-order valence-corrected chi connectivity index (χ2v) is 7.64. The van der Waals surface area contributed by atoms with Gasteiger partial charge < -0.3 is 15.0 Å². The highest BCUT2D eigenvalue weighted by molar-refractivity contribution is 8.00. The molecule has 0 aliphatic rings. The minimum atomic E-state index is -0.313. The van der Waals surface area contributed by atoms with Gasteiger partial charge in [-0.2, -0.15) is 0 Å². The van der Waals surface area contributed by atoms with Crippen LogP contribution in [0.5, 0.6) is 5.75 Å². The highest BCUT2D eigenvalue weighted by atomic mass is 35.5. The molecule has 0 bridgehead atoms. The summed E-state index contributed by atoms with van der Waals surface area (Å²) in [5, 5.41) is 2.87. The van der Waals surface area contributed by atoms with Crippen LogP contribution in [0.4, 0.5) is 5.69 Å². The fourth-order valence-electron chi connectivity index (χ4n) is 2.16. The maximum Gasteiger partial charge on any atom is 0.254 e. The summed E-state index contributed by atoms with van der Waals surface area (Å²) in [5.74, 6) is 0.397. The molecule has 7 heteroatoms. The van der Waals surface area contributed by atoms with Gasteiger partial charge in [0.1, 0.15) is 5.75 Å². The van der Waals surface area contributed by atoms with Gasteiger partial charge in [-0.1, -0.05) is 11.6 Å². The highest BCUT2D eigenvalue weighted by Crippen LogP contribution is 2.27. The van der Waals surface area contributed by atoms with Crippen LogP contribution in [0.1, 0.15) is 17.3 Å². The summed E-state index contributed by atoms with van der Waals surface area (Å²) in [5.41, 5.74) is 0.886. The first-order valence-corrected chi connectivity index (χ1v) is 9.20.